The molecule has 2 N–H and O–H groups in total. The summed E-state index contributed by atoms with van der Waals surface area (Å²) >= 11 is 5.75. The molecule has 1 saturated heterocycles. The van der Waals surface area contributed by atoms with Crippen molar-refractivity contribution in [3.8, 4) is 0 Å². The summed E-state index contributed by atoms with van der Waals surface area (Å²) in [4.78, 5) is 36.7. The zero-order chi connectivity index (χ0) is 26.6. The van der Waals surface area contributed by atoms with Crippen LogP contribution in [0.1, 0.15) is 43.4 Å². The van der Waals surface area contributed by atoms with Gasteiger partial charge in [-0.3, -0.25) is 9.78 Å². The minimum atomic E-state index is -3.41. The molecule has 12 nitrogen and oxygen atoms in total. The lowest BCUT2D eigenvalue weighted by Crippen LogP contribution is -2.40. The second-order valence-corrected chi connectivity index (χ2v) is 10.5. The molecule has 198 valence electrons. The Labute approximate surface area is 213 Å². The number of sulfonamides is 1. The normalized spacial score (nSPS) is 14.2. The zero-order valence-electron chi connectivity index (χ0n) is 19.6. The van der Waals surface area contributed by atoms with E-state index in [0.717, 1.165) is 31.2 Å². The van der Waals surface area contributed by atoms with Gasteiger partial charge in [-0.05, 0) is 24.5 Å². The number of hydrogen-bond acceptors (Lipinski definition) is 8. The number of hydrogen-bond donors (Lipinski definition) is 2. The van der Waals surface area contributed by atoms with Gasteiger partial charge >= 0.3 is 11.9 Å². The average Bonchev–Trinajstić information content (AvgIpc) is 3.07. The summed E-state index contributed by atoms with van der Waals surface area (Å²) in [6, 6.07) is 5.24. The van der Waals surface area contributed by atoms with Crippen LogP contribution in [0.3, 0.4) is 0 Å². The topological polar surface area (TPSA) is 171 Å². The summed E-state index contributed by atoms with van der Waals surface area (Å²) in [5.41, 5.74) is 0.848. The first kappa shape index (κ1) is 29.2. The van der Waals surface area contributed by atoms with E-state index in [0.29, 0.717) is 31.8 Å². The molecule has 1 aliphatic rings. The van der Waals surface area contributed by atoms with Crippen LogP contribution >= 0.6 is 11.6 Å². The van der Waals surface area contributed by atoms with E-state index < -0.39 is 22.0 Å². The first-order valence-corrected chi connectivity index (χ1v) is 13.3. The van der Waals surface area contributed by atoms with E-state index >= 15 is 0 Å². The monoisotopic (exact) mass is 544 g/mol. The predicted molar refractivity (Wildman–Crippen MR) is 129 cm³/mol. The van der Waals surface area contributed by atoms with Crippen molar-refractivity contribution in [3.05, 3.63) is 47.1 Å². The zero-order valence-corrected chi connectivity index (χ0v) is 21.2. The van der Waals surface area contributed by atoms with Crippen LogP contribution in [-0.2, 0) is 37.4 Å². The van der Waals surface area contributed by atoms with Gasteiger partial charge in [-0.1, -0.05) is 35.7 Å². The number of amides is 1. The molecule has 0 spiro atoms. The number of pyridine rings is 1. The maximum atomic E-state index is 12.9. The van der Waals surface area contributed by atoms with Crippen LogP contribution in [0.5, 0.6) is 0 Å². The molecule has 0 radical (unpaired) electrons. The molecule has 0 bridgehead atoms. The lowest BCUT2D eigenvalue weighted by Gasteiger charge is -2.25. The van der Waals surface area contributed by atoms with Crippen molar-refractivity contribution >= 4 is 39.5 Å². The molecule has 1 amide bonds. The first-order chi connectivity index (χ1) is 17.1. The third kappa shape index (κ3) is 10.3. The number of carbonyl (C=O) groups excluding carboxylic acids is 1. The number of aromatic nitrogens is 2. The van der Waals surface area contributed by atoms with E-state index in [2.05, 4.69) is 10.1 Å². The van der Waals surface area contributed by atoms with E-state index in [-0.39, 0.29) is 29.8 Å². The summed E-state index contributed by atoms with van der Waals surface area (Å²) in [6.07, 6.45) is 7.75. The van der Waals surface area contributed by atoms with Crippen LogP contribution in [0.4, 0.5) is 0 Å². The number of halogens is 1. The SMILES string of the molecule is O=C(CCc1cc(Cl)no1)N(CCS(=O)(=O)N1CCCCCC1)Cc1cccnc1.O=C(O)C(=O)O. The molecular weight excluding hydrogens is 516 g/mol. The molecule has 0 aliphatic carbocycles. The van der Waals surface area contributed by atoms with E-state index in [9.17, 15) is 13.2 Å². The number of carboxylic acid groups (broad SMARTS) is 2. The van der Waals surface area contributed by atoms with E-state index in [1.165, 1.54) is 0 Å². The first-order valence-electron chi connectivity index (χ1n) is 11.3. The minimum absolute atomic E-state index is 0.0901. The highest BCUT2D eigenvalue weighted by molar-refractivity contribution is 7.89. The van der Waals surface area contributed by atoms with Crippen LogP contribution < -0.4 is 0 Å². The van der Waals surface area contributed by atoms with Crippen molar-refractivity contribution in [2.45, 2.75) is 45.1 Å². The quantitative estimate of drug-likeness (QED) is 0.445. The van der Waals surface area contributed by atoms with Crippen molar-refractivity contribution in [3.63, 3.8) is 0 Å². The standard InChI is InChI=1S/C20H27ClN4O4S.C2H2O4/c21-19-14-18(29-23-19)7-8-20(26)24(16-17-6-5-9-22-15-17)12-13-30(27,28)25-10-3-1-2-4-11-25;3-1(4)2(5)6/h5-6,9,14-15H,1-4,7-8,10-13,16H2;(H,3,4)(H,5,6). The van der Waals surface area contributed by atoms with Gasteiger partial charge in [0.2, 0.25) is 15.9 Å². The molecule has 0 saturated carbocycles. The second-order valence-electron chi connectivity index (χ2n) is 8.03. The Morgan fingerprint density at radius 1 is 1.11 bits per heavy atom. The molecule has 1 fully saturated rings. The average molecular weight is 545 g/mol. The van der Waals surface area contributed by atoms with Crippen LogP contribution in [0.2, 0.25) is 5.15 Å². The van der Waals surface area contributed by atoms with Gasteiger partial charge in [0.05, 0.1) is 5.75 Å². The van der Waals surface area contributed by atoms with Gasteiger partial charge in [0.15, 0.2) is 5.15 Å². The number of aryl methyl sites for hydroxylation is 1. The van der Waals surface area contributed by atoms with Gasteiger partial charge in [0, 0.05) is 57.5 Å². The smallest absolute Gasteiger partial charge is 0.414 e. The molecule has 3 rings (SSSR count). The highest BCUT2D eigenvalue weighted by atomic mass is 35.5. The van der Waals surface area contributed by atoms with Gasteiger partial charge in [0.1, 0.15) is 5.76 Å². The maximum absolute atomic E-state index is 12.9. The number of carbonyl (C=O) groups is 3. The second kappa shape index (κ2) is 14.5. The molecule has 0 unspecified atom stereocenters. The third-order valence-electron chi connectivity index (χ3n) is 5.32. The summed E-state index contributed by atoms with van der Waals surface area (Å²) in [5.74, 6) is -3.37. The third-order valence-corrected chi connectivity index (χ3v) is 7.35. The molecule has 2 aromatic heterocycles. The van der Waals surface area contributed by atoms with E-state index in [1.807, 2.05) is 6.07 Å². The van der Waals surface area contributed by atoms with E-state index in [4.69, 9.17) is 35.9 Å². The van der Waals surface area contributed by atoms with Crippen LogP contribution in [0.15, 0.2) is 35.1 Å². The molecule has 14 heteroatoms. The fourth-order valence-corrected chi connectivity index (χ4v) is 5.15. The van der Waals surface area contributed by atoms with Crippen LogP contribution in [0, 0.1) is 0 Å². The summed E-state index contributed by atoms with van der Waals surface area (Å²) in [7, 11) is -3.41. The number of rotatable bonds is 9. The number of nitrogens with zero attached hydrogens (tertiary/aromatic N) is 4. The Hall–Kier alpha value is -3.03. The molecule has 0 atom stereocenters. The Balaban J connectivity index is 0.000000678. The molecule has 3 heterocycles. The van der Waals surface area contributed by atoms with Crippen LogP contribution in [-0.4, -0.2) is 81.2 Å². The Morgan fingerprint density at radius 3 is 2.31 bits per heavy atom. The predicted octanol–water partition coefficient (Wildman–Crippen LogP) is 2.05. The lowest BCUT2D eigenvalue weighted by atomic mass is 10.2. The largest absolute Gasteiger partial charge is 0.473 e. The van der Waals surface area contributed by atoms with Gasteiger partial charge < -0.3 is 19.6 Å². The molecular formula is C22H29ClN4O8S. The Kier molecular flexibility index (Phi) is 11.8. The molecule has 36 heavy (non-hydrogen) atoms. The highest BCUT2D eigenvalue weighted by Crippen LogP contribution is 2.16. The van der Waals surface area contributed by atoms with Gasteiger partial charge in [-0.2, -0.15) is 0 Å². The summed E-state index contributed by atoms with van der Waals surface area (Å²) in [6.45, 7) is 1.55. The number of carboxylic acids is 2. The maximum Gasteiger partial charge on any atom is 0.414 e. The van der Waals surface area contributed by atoms with Crippen molar-refractivity contribution < 1.29 is 37.5 Å². The van der Waals surface area contributed by atoms with Gasteiger partial charge in [-0.25, -0.2) is 22.3 Å². The van der Waals surface area contributed by atoms with Crippen LogP contribution in [0.25, 0.3) is 0 Å². The summed E-state index contributed by atoms with van der Waals surface area (Å²) < 4.78 is 32.3. The molecule has 2 aromatic rings. The van der Waals surface area contributed by atoms with Gasteiger partial charge in [0.25, 0.3) is 0 Å². The minimum Gasteiger partial charge on any atom is -0.473 e. The van der Waals surface area contributed by atoms with Crippen molar-refractivity contribution in [1.29, 1.82) is 0 Å². The molecule has 0 aromatic carbocycles. The fourth-order valence-electron chi connectivity index (χ4n) is 3.47. The molecule has 1 aliphatic heterocycles. The van der Waals surface area contributed by atoms with Gasteiger partial charge in [-0.15, -0.1) is 0 Å². The number of aliphatic carboxylic acids is 2. The van der Waals surface area contributed by atoms with Crippen molar-refractivity contribution in [2.24, 2.45) is 0 Å². The Morgan fingerprint density at radius 2 is 1.78 bits per heavy atom. The summed E-state index contributed by atoms with van der Waals surface area (Å²) in [5, 5.41) is 18.6. The fraction of sp³-hybridized carbons (Fsp3) is 0.500. The highest BCUT2D eigenvalue weighted by Gasteiger charge is 2.25. The lowest BCUT2D eigenvalue weighted by molar-refractivity contribution is -0.159. The van der Waals surface area contributed by atoms with E-state index in [1.54, 1.807) is 33.7 Å². The van der Waals surface area contributed by atoms with Crippen molar-refractivity contribution in [2.75, 3.05) is 25.4 Å². The van der Waals surface area contributed by atoms with Crippen molar-refractivity contribution in [1.82, 2.24) is 19.3 Å². The Bertz CT molecular complexity index is 1090.